The lowest BCUT2D eigenvalue weighted by molar-refractivity contribution is 0.426. The van der Waals surface area contributed by atoms with Gasteiger partial charge in [-0.3, -0.25) is 0 Å². The topological polar surface area (TPSA) is 33.0 Å². The Morgan fingerprint density at radius 2 is 2.18 bits per heavy atom. The van der Waals surface area contributed by atoms with Crippen molar-refractivity contribution in [2.75, 3.05) is 0 Å². The molecule has 2 heteroatoms. The first-order valence-electron chi connectivity index (χ1n) is 4.11. The molecule has 2 nitrogen and oxygen atoms in total. The molecule has 0 spiro atoms. The Bertz CT molecular complexity index is 135. The molecule has 0 radical (unpaired) electrons. The maximum Gasteiger partial charge on any atom is 0.291 e. The second-order valence-corrected chi connectivity index (χ2v) is 2.43. The molecule has 0 aromatic rings. The predicted molar refractivity (Wildman–Crippen MR) is 44.6 cm³/mol. The fourth-order valence-corrected chi connectivity index (χ4v) is 0.836. The van der Waals surface area contributed by atoms with Crippen molar-refractivity contribution in [1.82, 2.24) is 0 Å². The highest BCUT2D eigenvalue weighted by Crippen LogP contribution is 2.02. The third-order valence-electron chi connectivity index (χ3n) is 1.44. The molecule has 0 heterocycles. The standard InChI is InChI=1S/C9H15NO/c1-2-3-4-5-6-7-8-11-9-10/h7-8H,2-6H2,1H3. The fourth-order valence-electron chi connectivity index (χ4n) is 0.836. The van der Waals surface area contributed by atoms with Crippen LogP contribution in [0.3, 0.4) is 0 Å². The number of nitrogens with zero attached hydrogens (tertiary/aromatic N) is 1. The molecule has 0 fully saturated rings. The summed E-state index contributed by atoms with van der Waals surface area (Å²) in [4.78, 5) is 0. The molecule has 0 atom stereocenters. The van der Waals surface area contributed by atoms with E-state index in [0.29, 0.717) is 0 Å². The fraction of sp³-hybridized carbons (Fsp3) is 0.667. The van der Waals surface area contributed by atoms with E-state index in [1.165, 1.54) is 31.9 Å². The van der Waals surface area contributed by atoms with Gasteiger partial charge in [0.25, 0.3) is 6.26 Å². The Hall–Kier alpha value is -0.970. The van der Waals surface area contributed by atoms with Gasteiger partial charge in [-0.2, -0.15) is 0 Å². The van der Waals surface area contributed by atoms with Gasteiger partial charge >= 0.3 is 0 Å². The van der Waals surface area contributed by atoms with Crippen LogP contribution in [0.5, 0.6) is 0 Å². The van der Waals surface area contributed by atoms with E-state index < -0.39 is 0 Å². The van der Waals surface area contributed by atoms with Gasteiger partial charge in [0.2, 0.25) is 0 Å². The number of unbranched alkanes of at least 4 members (excludes halogenated alkanes) is 4. The number of hydrogen-bond acceptors (Lipinski definition) is 2. The molecule has 11 heavy (non-hydrogen) atoms. The Morgan fingerprint density at radius 1 is 1.36 bits per heavy atom. The lowest BCUT2D eigenvalue weighted by atomic mass is 10.2. The molecular formula is C9H15NO. The first-order valence-corrected chi connectivity index (χ1v) is 4.11. The van der Waals surface area contributed by atoms with Crippen LogP contribution in [0.25, 0.3) is 0 Å². The van der Waals surface area contributed by atoms with E-state index in [9.17, 15) is 0 Å². The molecule has 0 aliphatic rings. The minimum atomic E-state index is 1.02. The second kappa shape index (κ2) is 9.03. The van der Waals surface area contributed by atoms with E-state index in [1.54, 1.807) is 6.26 Å². The zero-order valence-corrected chi connectivity index (χ0v) is 7.05. The van der Waals surface area contributed by atoms with Gasteiger partial charge in [0.1, 0.15) is 6.26 Å². The highest BCUT2D eigenvalue weighted by Gasteiger charge is 1.83. The van der Waals surface area contributed by atoms with Crippen LogP contribution in [0.2, 0.25) is 0 Å². The SMILES string of the molecule is CCCCCCC=COC#N. The van der Waals surface area contributed by atoms with E-state index in [1.807, 2.05) is 6.08 Å². The van der Waals surface area contributed by atoms with E-state index >= 15 is 0 Å². The van der Waals surface area contributed by atoms with Crippen molar-refractivity contribution >= 4 is 0 Å². The summed E-state index contributed by atoms with van der Waals surface area (Å²) in [7, 11) is 0. The van der Waals surface area contributed by atoms with Crippen LogP contribution in [-0.2, 0) is 4.74 Å². The van der Waals surface area contributed by atoms with Crippen LogP contribution >= 0.6 is 0 Å². The van der Waals surface area contributed by atoms with Gasteiger partial charge < -0.3 is 4.74 Å². The van der Waals surface area contributed by atoms with Crippen molar-refractivity contribution in [3.8, 4) is 6.26 Å². The minimum Gasteiger partial charge on any atom is -0.396 e. The van der Waals surface area contributed by atoms with Gasteiger partial charge in [-0.15, -0.1) is 5.26 Å². The smallest absolute Gasteiger partial charge is 0.291 e. The van der Waals surface area contributed by atoms with Crippen molar-refractivity contribution in [3.63, 3.8) is 0 Å². The number of nitriles is 1. The van der Waals surface area contributed by atoms with Gasteiger partial charge in [-0.05, 0) is 18.9 Å². The van der Waals surface area contributed by atoms with Crippen LogP contribution < -0.4 is 0 Å². The van der Waals surface area contributed by atoms with Gasteiger partial charge in [0, 0.05) is 0 Å². The van der Waals surface area contributed by atoms with E-state index in [0.717, 1.165) is 6.42 Å². The van der Waals surface area contributed by atoms with E-state index in [-0.39, 0.29) is 0 Å². The molecule has 0 rings (SSSR count). The van der Waals surface area contributed by atoms with Crippen molar-refractivity contribution in [2.24, 2.45) is 0 Å². The first-order chi connectivity index (χ1) is 5.41. The highest BCUT2D eigenvalue weighted by molar-refractivity contribution is 4.75. The molecule has 0 N–H and O–H groups in total. The molecule has 0 aliphatic heterocycles. The monoisotopic (exact) mass is 153 g/mol. The molecule has 62 valence electrons. The molecule has 0 aromatic heterocycles. The third-order valence-corrected chi connectivity index (χ3v) is 1.44. The summed E-state index contributed by atoms with van der Waals surface area (Å²) < 4.78 is 4.37. The quantitative estimate of drug-likeness (QED) is 0.334. The average Bonchev–Trinajstić information content (AvgIpc) is 2.03. The van der Waals surface area contributed by atoms with Gasteiger partial charge in [-0.1, -0.05) is 26.2 Å². The summed E-state index contributed by atoms with van der Waals surface area (Å²) in [5, 5.41) is 7.98. The summed E-state index contributed by atoms with van der Waals surface area (Å²) in [6, 6.07) is 0. The minimum absolute atomic E-state index is 1.02. The van der Waals surface area contributed by atoms with Crippen molar-refractivity contribution < 1.29 is 4.74 Å². The summed E-state index contributed by atoms with van der Waals surface area (Å²) in [5.74, 6) is 0. The van der Waals surface area contributed by atoms with Gasteiger partial charge in [0.15, 0.2) is 0 Å². The molecule has 0 saturated carbocycles. The second-order valence-electron chi connectivity index (χ2n) is 2.43. The number of ether oxygens (including phenoxy) is 1. The summed E-state index contributed by atoms with van der Waals surface area (Å²) in [6.07, 6.45) is 11.0. The number of hydrogen-bond donors (Lipinski definition) is 0. The molecule has 0 aromatic carbocycles. The molecule has 0 bridgehead atoms. The maximum absolute atomic E-state index is 7.98. The lowest BCUT2D eigenvalue weighted by Crippen LogP contribution is -1.73. The molecule has 0 amide bonds. The summed E-state index contributed by atoms with van der Waals surface area (Å²) >= 11 is 0. The molecular weight excluding hydrogens is 138 g/mol. The van der Waals surface area contributed by atoms with Crippen LogP contribution in [0.4, 0.5) is 0 Å². The predicted octanol–water partition coefficient (Wildman–Crippen LogP) is 2.97. The van der Waals surface area contributed by atoms with Crippen LogP contribution in [-0.4, -0.2) is 0 Å². The largest absolute Gasteiger partial charge is 0.396 e. The summed E-state index contributed by atoms with van der Waals surface area (Å²) in [6.45, 7) is 2.19. The van der Waals surface area contributed by atoms with Crippen LogP contribution in [0.1, 0.15) is 39.0 Å². The molecule has 0 aliphatic carbocycles. The summed E-state index contributed by atoms with van der Waals surface area (Å²) in [5.41, 5.74) is 0. The van der Waals surface area contributed by atoms with Crippen molar-refractivity contribution in [2.45, 2.75) is 39.0 Å². The first kappa shape index (κ1) is 10.0. The molecule has 0 saturated heterocycles. The lowest BCUT2D eigenvalue weighted by Gasteiger charge is -1.92. The Balaban J connectivity index is 2.96. The maximum atomic E-state index is 7.98. The number of allylic oxidation sites excluding steroid dienone is 1. The normalized spacial score (nSPS) is 9.82. The van der Waals surface area contributed by atoms with Crippen LogP contribution in [0.15, 0.2) is 12.3 Å². The van der Waals surface area contributed by atoms with Crippen LogP contribution in [0, 0.1) is 11.5 Å². The average molecular weight is 153 g/mol. The van der Waals surface area contributed by atoms with E-state index in [4.69, 9.17) is 5.26 Å². The van der Waals surface area contributed by atoms with Gasteiger partial charge in [0.05, 0.1) is 0 Å². The van der Waals surface area contributed by atoms with Crippen molar-refractivity contribution in [3.05, 3.63) is 12.3 Å². The highest BCUT2D eigenvalue weighted by atomic mass is 16.5. The zero-order valence-electron chi connectivity index (χ0n) is 7.05. The van der Waals surface area contributed by atoms with Gasteiger partial charge in [-0.25, -0.2) is 0 Å². The Kier molecular flexibility index (Phi) is 8.23. The van der Waals surface area contributed by atoms with Crippen molar-refractivity contribution in [1.29, 1.82) is 5.26 Å². The Labute approximate surface area is 68.5 Å². The molecule has 0 unspecified atom stereocenters. The Morgan fingerprint density at radius 3 is 2.82 bits per heavy atom. The van der Waals surface area contributed by atoms with E-state index in [2.05, 4.69) is 11.7 Å². The zero-order chi connectivity index (χ0) is 8.36. The third kappa shape index (κ3) is 9.03. The number of rotatable bonds is 6.